The van der Waals surface area contributed by atoms with Crippen molar-refractivity contribution in [3.63, 3.8) is 0 Å². The highest BCUT2D eigenvalue weighted by Gasteiger charge is 2.25. The highest BCUT2D eigenvalue weighted by Crippen LogP contribution is 2.29. The monoisotopic (exact) mass is 522 g/mol. The van der Waals surface area contributed by atoms with Crippen molar-refractivity contribution in [3.05, 3.63) is 143 Å². The number of hydrogen-bond acceptors (Lipinski definition) is 4. The maximum Gasteiger partial charge on any atom is 0.251 e. The number of benzene rings is 4. The standard InChI is InChI=1S/C31H27FN4OS/c1-22-15-17-27(18-16-22)36-29(34-35-31(36)38-21-24-11-6-3-7-12-24)28(19-23-9-4-2-5-10-23)33-30(37)25-13-8-14-26(32)20-25/h2-18,20,28H,19,21H2,1H3,(H,33,37). The summed E-state index contributed by atoms with van der Waals surface area (Å²) < 4.78 is 15.9. The number of nitrogens with one attached hydrogen (secondary N) is 1. The Morgan fingerprint density at radius 1 is 0.868 bits per heavy atom. The molecule has 1 unspecified atom stereocenters. The van der Waals surface area contributed by atoms with Gasteiger partial charge in [-0.05, 0) is 54.8 Å². The topological polar surface area (TPSA) is 59.8 Å². The minimum Gasteiger partial charge on any atom is -0.342 e. The van der Waals surface area contributed by atoms with Crippen LogP contribution in [0.25, 0.3) is 5.69 Å². The Balaban J connectivity index is 1.54. The van der Waals surface area contributed by atoms with E-state index in [9.17, 15) is 9.18 Å². The van der Waals surface area contributed by atoms with Gasteiger partial charge in [0.05, 0.1) is 6.04 Å². The van der Waals surface area contributed by atoms with E-state index in [1.165, 1.54) is 23.8 Å². The second-order valence-corrected chi connectivity index (χ2v) is 9.95. The van der Waals surface area contributed by atoms with Crippen molar-refractivity contribution in [1.82, 2.24) is 20.1 Å². The Bertz CT molecular complexity index is 1500. The summed E-state index contributed by atoms with van der Waals surface area (Å²) in [5.74, 6) is 0.504. The fraction of sp³-hybridized carbons (Fsp3) is 0.129. The van der Waals surface area contributed by atoms with E-state index in [0.717, 1.165) is 27.7 Å². The van der Waals surface area contributed by atoms with Crippen LogP contribution in [0.3, 0.4) is 0 Å². The number of aryl methyl sites for hydroxylation is 1. The molecule has 0 spiro atoms. The Morgan fingerprint density at radius 3 is 2.24 bits per heavy atom. The number of carbonyl (C=O) groups excluding carboxylic acids is 1. The average Bonchev–Trinajstić information content (AvgIpc) is 3.37. The van der Waals surface area contributed by atoms with Crippen LogP contribution >= 0.6 is 11.8 Å². The summed E-state index contributed by atoms with van der Waals surface area (Å²) in [6.07, 6.45) is 0.495. The molecule has 0 saturated carbocycles. The van der Waals surface area contributed by atoms with Gasteiger partial charge in [-0.1, -0.05) is 96.2 Å². The molecule has 4 aromatic carbocycles. The second-order valence-electron chi connectivity index (χ2n) is 9.01. The van der Waals surface area contributed by atoms with E-state index in [1.54, 1.807) is 17.8 Å². The molecule has 0 aliphatic carbocycles. The third-order valence-electron chi connectivity index (χ3n) is 6.15. The van der Waals surface area contributed by atoms with Crippen molar-refractivity contribution in [2.45, 2.75) is 30.3 Å². The lowest BCUT2D eigenvalue weighted by Gasteiger charge is -2.20. The number of aromatic nitrogens is 3. The van der Waals surface area contributed by atoms with Crippen LogP contribution in [0.15, 0.2) is 114 Å². The lowest BCUT2D eigenvalue weighted by Crippen LogP contribution is -2.32. The Kier molecular flexibility index (Phi) is 7.95. The minimum absolute atomic E-state index is 0.253. The molecule has 0 radical (unpaired) electrons. The molecule has 0 aliphatic rings. The molecule has 190 valence electrons. The quantitative estimate of drug-likeness (QED) is 0.218. The first-order chi connectivity index (χ1) is 18.6. The maximum absolute atomic E-state index is 13.9. The number of hydrogen-bond donors (Lipinski definition) is 1. The van der Waals surface area contributed by atoms with Gasteiger partial charge in [0.25, 0.3) is 5.91 Å². The largest absolute Gasteiger partial charge is 0.342 e. The SMILES string of the molecule is Cc1ccc(-n2c(SCc3ccccc3)nnc2C(Cc2ccccc2)NC(=O)c2cccc(F)c2)cc1. The van der Waals surface area contributed by atoms with E-state index in [2.05, 4.69) is 27.6 Å². The molecule has 0 saturated heterocycles. The van der Waals surface area contributed by atoms with Crippen molar-refractivity contribution < 1.29 is 9.18 Å². The van der Waals surface area contributed by atoms with Crippen LogP contribution in [-0.2, 0) is 12.2 Å². The van der Waals surface area contributed by atoms with Crippen molar-refractivity contribution >= 4 is 17.7 Å². The number of rotatable bonds is 9. The van der Waals surface area contributed by atoms with E-state index in [0.29, 0.717) is 12.2 Å². The summed E-state index contributed by atoms with van der Waals surface area (Å²) in [6.45, 7) is 2.04. The summed E-state index contributed by atoms with van der Waals surface area (Å²) >= 11 is 1.59. The van der Waals surface area contributed by atoms with E-state index in [-0.39, 0.29) is 11.5 Å². The van der Waals surface area contributed by atoms with Gasteiger partial charge in [0, 0.05) is 17.0 Å². The number of nitrogens with zero attached hydrogens (tertiary/aromatic N) is 3. The fourth-order valence-corrected chi connectivity index (χ4v) is 5.10. The molecule has 1 atom stereocenters. The van der Waals surface area contributed by atoms with Gasteiger partial charge in [-0.2, -0.15) is 0 Å². The molecule has 0 bridgehead atoms. The van der Waals surface area contributed by atoms with Crippen LogP contribution in [0.1, 0.15) is 38.9 Å². The zero-order valence-electron chi connectivity index (χ0n) is 20.9. The number of halogens is 1. The summed E-state index contributed by atoms with van der Waals surface area (Å²) in [4.78, 5) is 13.2. The first kappa shape index (κ1) is 25.4. The van der Waals surface area contributed by atoms with Crippen LogP contribution < -0.4 is 5.32 Å². The molecule has 38 heavy (non-hydrogen) atoms. The summed E-state index contributed by atoms with van der Waals surface area (Å²) in [5, 5.41) is 13.0. The molecule has 5 aromatic rings. The van der Waals surface area contributed by atoms with Crippen LogP contribution in [0.5, 0.6) is 0 Å². The van der Waals surface area contributed by atoms with Crippen LogP contribution in [0.2, 0.25) is 0 Å². The Labute approximate surface area is 225 Å². The molecule has 5 nitrogen and oxygen atoms in total. The second kappa shape index (κ2) is 11.9. The fourth-order valence-electron chi connectivity index (χ4n) is 4.19. The van der Waals surface area contributed by atoms with Gasteiger partial charge < -0.3 is 5.32 Å². The molecule has 7 heteroatoms. The highest BCUT2D eigenvalue weighted by molar-refractivity contribution is 7.98. The lowest BCUT2D eigenvalue weighted by atomic mass is 10.0. The molecule has 0 fully saturated rings. The molecule has 1 amide bonds. The average molecular weight is 523 g/mol. The van der Waals surface area contributed by atoms with E-state index < -0.39 is 11.9 Å². The van der Waals surface area contributed by atoms with Crippen molar-refractivity contribution in [1.29, 1.82) is 0 Å². The minimum atomic E-state index is -0.506. The third-order valence-corrected chi connectivity index (χ3v) is 7.15. The zero-order chi connectivity index (χ0) is 26.3. The maximum atomic E-state index is 13.9. The summed E-state index contributed by atoms with van der Waals surface area (Å²) in [6, 6.07) is 33.4. The van der Waals surface area contributed by atoms with Crippen molar-refractivity contribution in [2.24, 2.45) is 0 Å². The van der Waals surface area contributed by atoms with Crippen LogP contribution in [0.4, 0.5) is 4.39 Å². The van der Waals surface area contributed by atoms with Crippen molar-refractivity contribution in [3.8, 4) is 5.69 Å². The predicted molar refractivity (Wildman–Crippen MR) is 149 cm³/mol. The third kappa shape index (κ3) is 6.18. The molecule has 1 N–H and O–H groups in total. The van der Waals surface area contributed by atoms with Gasteiger partial charge in [-0.3, -0.25) is 9.36 Å². The normalized spacial score (nSPS) is 11.7. The number of carbonyl (C=O) groups is 1. The van der Waals surface area contributed by atoms with Gasteiger partial charge in [0.2, 0.25) is 0 Å². The summed E-state index contributed by atoms with van der Waals surface area (Å²) in [5.41, 5.74) is 4.52. The highest BCUT2D eigenvalue weighted by atomic mass is 32.2. The smallest absolute Gasteiger partial charge is 0.251 e. The molecule has 1 aromatic heterocycles. The van der Waals surface area contributed by atoms with Gasteiger partial charge in [-0.25, -0.2) is 4.39 Å². The van der Waals surface area contributed by atoms with E-state index >= 15 is 0 Å². The van der Waals surface area contributed by atoms with Gasteiger partial charge in [0.1, 0.15) is 5.82 Å². The van der Waals surface area contributed by atoms with E-state index in [4.69, 9.17) is 0 Å². The van der Waals surface area contributed by atoms with Crippen molar-refractivity contribution in [2.75, 3.05) is 0 Å². The number of amides is 1. The first-order valence-electron chi connectivity index (χ1n) is 12.4. The Hall–Kier alpha value is -4.23. The van der Waals surface area contributed by atoms with E-state index in [1.807, 2.05) is 84.3 Å². The Morgan fingerprint density at radius 2 is 1.55 bits per heavy atom. The predicted octanol–water partition coefficient (Wildman–Crippen LogP) is 6.72. The van der Waals surface area contributed by atoms with Crippen LogP contribution in [-0.4, -0.2) is 20.7 Å². The molecule has 1 heterocycles. The zero-order valence-corrected chi connectivity index (χ0v) is 21.7. The van der Waals surface area contributed by atoms with Gasteiger partial charge in [-0.15, -0.1) is 10.2 Å². The molecule has 0 aliphatic heterocycles. The lowest BCUT2D eigenvalue weighted by molar-refractivity contribution is 0.0934. The number of thioether (sulfide) groups is 1. The van der Waals surface area contributed by atoms with Crippen LogP contribution in [0, 0.1) is 12.7 Å². The molecular formula is C31H27FN4OS. The first-order valence-corrected chi connectivity index (χ1v) is 13.3. The van der Waals surface area contributed by atoms with Gasteiger partial charge in [0.15, 0.2) is 11.0 Å². The molecular weight excluding hydrogens is 495 g/mol. The van der Waals surface area contributed by atoms with Gasteiger partial charge >= 0.3 is 0 Å². The molecule has 5 rings (SSSR count). The summed E-state index contributed by atoms with van der Waals surface area (Å²) in [7, 11) is 0.